The minimum Gasteiger partial charge on any atom is -0.469 e. The van der Waals surface area contributed by atoms with Gasteiger partial charge in [0.2, 0.25) is 5.91 Å². The van der Waals surface area contributed by atoms with Gasteiger partial charge in [-0.1, -0.05) is 0 Å². The van der Waals surface area contributed by atoms with Crippen molar-refractivity contribution >= 4 is 28.6 Å². The average molecular weight is 299 g/mol. The Morgan fingerprint density at radius 2 is 1.91 bits per heavy atom. The molecule has 1 aromatic carbocycles. The minimum absolute atomic E-state index is 0.0773. The number of carbonyl (C=O) groups excluding carboxylic acids is 2. The van der Waals surface area contributed by atoms with Crippen LogP contribution >= 0.6 is 0 Å². The topological polar surface area (TPSA) is 72.4 Å². The van der Waals surface area contributed by atoms with Crippen LogP contribution in [-0.4, -0.2) is 35.5 Å². The number of carbonyl (C=O) groups is 2. The number of benzene rings is 1. The van der Waals surface area contributed by atoms with Crippen LogP contribution in [-0.2, 0) is 14.3 Å². The van der Waals surface area contributed by atoms with Gasteiger partial charge in [0.15, 0.2) is 0 Å². The Hall–Kier alpha value is -2.50. The largest absolute Gasteiger partial charge is 0.469 e. The van der Waals surface area contributed by atoms with Crippen molar-refractivity contribution in [3.05, 3.63) is 29.6 Å². The molecule has 1 aliphatic heterocycles. The maximum absolute atomic E-state index is 12.1. The van der Waals surface area contributed by atoms with Gasteiger partial charge in [0, 0.05) is 18.7 Å². The van der Waals surface area contributed by atoms with Crippen molar-refractivity contribution < 1.29 is 14.3 Å². The van der Waals surface area contributed by atoms with E-state index in [1.807, 2.05) is 32.0 Å². The molecule has 0 spiro atoms. The first-order valence-electron chi connectivity index (χ1n) is 7.13. The zero-order chi connectivity index (χ0) is 15.9. The molecule has 114 valence electrons. The van der Waals surface area contributed by atoms with E-state index in [0.717, 1.165) is 28.1 Å². The van der Waals surface area contributed by atoms with Gasteiger partial charge in [-0.15, -0.1) is 0 Å². The molecule has 0 aliphatic carbocycles. The highest BCUT2D eigenvalue weighted by Crippen LogP contribution is 2.28. The molecule has 0 saturated carbocycles. The number of aromatic nitrogens is 2. The highest BCUT2D eigenvalue weighted by atomic mass is 16.5. The number of hydrogen-bond acceptors (Lipinski definition) is 5. The monoisotopic (exact) mass is 299 g/mol. The second-order valence-corrected chi connectivity index (χ2v) is 5.50. The molecule has 1 unspecified atom stereocenters. The maximum Gasteiger partial charge on any atom is 0.311 e. The van der Waals surface area contributed by atoms with Gasteiger partial charge in [-0.25, -0.2) is 9.97 Å². The molecule has 22 heavy (non-hydrogen) atoms. The summed E-state index contributed by atoms with van der Waals surface area (Å²) >= 11 is 0. The van der Waals surface area contributed by atoms with E-state index in [0.29, 0.717) is 6.54 Å². The quantitative estimate of drug-likeness (QED) is 0.790. The molecule has 1 aliphatic rings. The second-order valence-electron chi connectivity index (χ2n) is 5.50. The Kier molecular flexibility index (Phi) is 3.52. The number of fused-ring (bicyclic) bond motifs is 1. The van der Waals surface area contributed by atoms with Crippen molar-refractivity contribution in [1.29, 1.82) is 0 Å². The zero-order valence-electron chi connectivity index (χ0n) is 12.8. The molecule has 1 saturated heterocycles. The van der Waals surface area contributed by atoms with Crippen LogP contribution in [0.1, 0.15) is 17.8 Å². The summed E-state index contributed by atoms with van der Waals surface area (Å²) in [6.07, 6.45) is 0.184. The van der Waals surface area contributed by atoms with Gasteiger partial charge in [0.25, 0.3) is 0 Å². The van der Waals surface area contributed by atoms with E-state index in [1.165, 1.54) is 7.11 Å². The summed E-state index contributed by atoms with van der Waals surface area (Å²) in [6, 6.07) is 5.53. The highest BCUT2D eigenvalue weighted by molar-refractivity contribution is 6.00. The van der Waals surface area contributed by atoms with E-state index in [9.17, 15) is 9.59 Å². The van der Waals surface area contributed by atoms with Gasteiger partial charge >= 0.3 is 5.97 Å². The van der Waals surface area contributed by atoms with Crippen LogP contribution in [0, 0.1) is 19.8 Å². The predicted octanol–water partition coefficient (Wildman–Crippen LogP) is 1.77. The lowest BCUT2D eigenvalue weighted by Crippen LogP contribution is -2.26. The summed E-state index contributed by atoms with van der Waals surface area (Å²) in [5, 5.41) is 0. The Morgan fingerprint density at radius 1 is 1.23 bits per heavy atom. The van der Waals surface area contributed by atoms with E-state index < -0.39 is 5.92 Å². The van der Waals surface area contributed by atoms with Crippen LogP contribution < -0.4 is 4.90 Å². The first-order chi connectivity index (χ1) is 10.5. The fraction of sp³-hybridized carbons (Fsp3) is 0.375. The van der Waals surface area contributed by atoms with E-state index in [2.05, 4.69) is 9.97 Å². The number of rotatable bonds is 2. The third-order valence-electron chi connectivity index (χ3n) is 4.03. The standard InChI is InChI=1S/C16H17N3O3/c1-9-10(2)18-14-7-12(4-5-13(14)17-9)19-8-11(6-15(19)20)16(21)22-3/h4-5,7,11H,6,8H2,1-3H3. The van der Waals surface area contributed by atoms with Crippen LogP contribution in [0.3, 0.4) is 0 Å². The normalized spacial score (nSPS) is 18.0. The van der Waals surface area contributed by atoms with Gasteiger partial charge in [0.05, 0.1) is 35.4 Å². The summed E-state index contributed by atoms with van der Waals surface area (Å²) in [5.41, 5.74) is 4.03. The van der Waals surface area contributed by atoms with E-state index in [-0.39, 0.29) is 18.3 Å². The molecular weight excluding hydrogens is 282 g/mol. The number of esters is 1. The van der Waals surface area contributed by atoms with Crippen molar-refractivity contribution in [2.75, 3.05) is 18.6 Å². The molecule has 0 bridgehead atoms. The third-order valence-corrected chi connectivity index (χ3v) is 4.03. The van der Waals surface area contributed by atoms with Crippen LogP contribution in [0.25, 0.3) is 11.0 Å². The Labute approximate surface area is 128 Å². The molecule has 6 heteroatoms. The summed E-state index contributed by atoms with van der Waals surface area (Å²) in [4.78, 5) is 34.4. The molecule has 1 amide bonds. The van der Waals surface area contributed by atoms with Crippen molar-refractivity contribution in [2.24, 2.45) is 5.92 Å². The number of nitrogens with zero attached hydrogens (tertiary/aromatic N) is 3. The molecule has 1 fully saturated rings. The van der Waals surface area contributed by atoms with Crippen LogP contribution in [0.5, 0.6) is 0 Å². The van der Waals surface area contributed by atoms with Crippen molar-refractivity contribution in [1.82, 2.24) is 9.97 Å². The third kappa shape index (κ3) is 2.41. The van der Waals surface area contributed by atoms with Crippen LogP contribution in [0.4, 0.5) is 5.69 Å². The highest BCUT2D eigenvalue weighted by Gasteiger charge is 2.35. The fourth-order valence-electron chi connectivity index (χ4n) is 2.67. The molecule has 2 aromatic rings. The lowest BCUT2D eigenvalue weighted by atomic mass is 10.1. The van der Waals surface area contributed by atoms with Crippen LogP contribution in [0.2, 0.25) is 0 Å². The van der Waals surface area contributed by atoms with Gasteiger partial charge in [0.1, 0.15) is 0 Å². The van der Waals surface area contributed by atoms with Gasteiger partial charge in [-0.2, -0.15) is 0 Å². The Balaban J connectivity index is 1.95. The average Bonchev–Trinajstić information content (AvgIpc) is 2.89. The number of aryl methyl sites for hydroxylation is 2. The van der Waals surface area contributed by atoms with E-state index in [4.69, 9.17) is 4.74 Å². The molecule has 1 atom stereocenters. The van der Waals surface area contributed by atoms with Gasteiger partial charge in [-0.3, -0.25) is 9.59 Å². The zero-order valence-corrected chi connectivity index (χ0v) is 12.8. The van der Waals surface area contributed by atoms with E-state index >= 15 is 0 Å². The summed E-state index contributed by atoms with van der Waals surface area (Å²) < 4.78 is 4.73. The Bertz CT molecular complexity index is 773. The second kappa shape index (κ2) is 5.36. The van der Waals surface area contributed by atoms with Crippen LogP contribution in [0.15, 0.2) is 18.2 Å². The minimum atomic E-state index is -0.404. The van der Waals surface area contributed by atoms with Gasteiger partial charge < -0.3 is 9.64 Å². The molecule has 0 radical (unpaired) electrons. The number of methoxy groups -OCH3 is 1. The number of hydrogen-bond donors (Lipinski definition) is 0. The van der Waals surface area contributed by atoms with Crippen molar-refractivity contribution in [3.8, 4) is 0 Å². The number of anilines is 1. The number of amides is 1. The first-order valence-corrected chi connectivity index (χ1v) is 7.13. The van der Waals surface area contributed by atoms with E-state index in [1.54, 1.807) is 4.90 Å². The molecule has 6 nitrogen and oxygen atoms in total. The molecule has 0 N–H and O–H groups in total. The van der Waals surface area contributed by atoms with Crippen molar-refractivity contribution in [3.63, 3.8) is 0 Å². The maximum atomic E-state index is 12.1. The molecular formula is C16H17N3O3. The summed E-state index contributed by atoms with van der Waals surface area (Å²) in [6.45, 7) is 4.17. The Morgan fingerprint density at radius 3 is 2.59 bits per heavy atom. The fourth-order valence-corrected chi connectivity index (χ4v) is 2.67. The van der Waals surface area contributed by atoms with Gasteiger partial charge in [-0.05, 0) is 32.0 Å². The molecule has 1 aromatic heterocycles. The lowest BCUT2D eigenvalue weighted by molar-refractivity contribution is -0.145. The summed E-state index contributed by atoms with van der Waals surface area (Å²) in [7, 11) is 1.34. The number of ether oxygens (including phenoxy) is 1. The van der Waals surface area contributed by atoms with Crippen molar-refractivity contribution in [2.45, 2.75) is 20.3 Å². The predicted molar refractivity (Wildman–Crippen MR) is 81.5 cm³/mol. The lowest BCUT2D eigenvalue weighted by Gasteiger charge is -2.17. The SMILES string of the molecule is COC(=O)C1CC(=O)N(c2ccc3nc(C)c(C)nc3c2)C1. The first kappa shape index (κ1) is 14.4. The summed E-state index contributed by atoms with van der Waals surface area (Å²) in [5.74, 6) is -0.825. The smallest absolute Gasteiger partial charge is 0.311 e. The molecule has 2 heterocycles. The molecule has 3 rings (SSSR count).